The van der Waals surface area contributed by atoms with E-state index in [9.17, 15) is 9.59 Å². The number of ether oxygens (including phenoxy) is 1. The lowest BCUT2D eigenvalue weighted by atomic mass is 9.96. The summed E-state index contributed by atoms with van der Waals surface area (Å²) >= 11 is 4.70. The van der Waals surface area contributed by atoms with Gasteiger partial charge in [-0.3, -0.25) is 9.36 Å². The van der Waals surface area contributed by atoms with Crippen LogP contribution in [-0.4, -0.2) is 17.6 Å². The number of nitrogens with zero attached hydrogens (tertiary/aromatic N) is 2. The van der Waals surface area contributed by atoms with Gasteiger partial charge in [0.25, 0.3) is 5.56 Å². The number of allylic oxidation sites excluding steroid dienone is 1. The molecule has 4 aromatic rings. The third kappa shape index (κ3) is 3.99. The summed E-state index contributed by atoms with van der Waals surface area (Å²) in [6.45, 7) is 1.76. The van der Waals surface area contributed by atoms with Crippen molar-refractivity contribution < 1.29 is 13.9 Å². The Hall–Kier alpha value is -3.49. The fourth-order valence-electron chi connectivity index (χ4n) is 3.97. The van der Waals surface area contributed by atoms with E-state index >= 15 is 0 Å². The Morgan fingerprint density at radius 2 is 1.85 bits per heavy atom. The summed E-state index contributed by atoms with van der Waals surface area (Å²) in [5, 5.41) is 0. The topological polar surface area (TPSA) is 73.8 Å². The quantitative estimate of drug-likeness (QED) is 0.363. The second-order valence-electron chi connectivity index (χ2n) is 7.69. The van der Waals surface area contributed by atoms with Gasteiger partial charge in [-0.25, -0.2) is 9.79 Å². The fraction of sp³-hybridized carbons (Fsp3) is 0.115. The predicted octanol–water partition coefficient (Wildman–Crippen LogP) is 4.43. The molecule has 0 saturated carbocycles. The van der Waals surface area contributed by atoms with E-state index in [0.29, 0.717) is 32.1 Å². The lowest BCUT2D eigenvalue weighted by Crippen LogP contribution is -2.39. The number of thiazole rings is 1. The number of esters is 1. The molecule has 0 fully saturated rings. The van der Waals surface area contributed by atoms with Gasteiger partial charge in [0.2, 0.25) is 0 Å². The molecule has 1 atom stereocenters. The number of carbonyl (C=O) groups is 1. The minimum atomic E-state index is -0.623. The highest BCUT2D eigenvalue weighted by Gasteiger charge is 2.32. The molecular formula is C26H19BrN2O4S. The van der Waals surface area contributed by atoms with Crippen molar-refractivity contribution in [3.63, 3.8) is 0 Å². The maximum Gasteiger partial charge on any atom is 0.338 e. The van der Waals surface area contributed by atoms with Crippen molar-refractivity contribution in [2.75, 3.05) is 7.11 Å². The first-order valence-electron chi connectivity index (χ1n) is 10.5. The number of halogens is 1. The van der Waals surface area contributed by atoms with E-state index in [2.05, 4.69) is 20.9 Å². The third-order valence-corrected chi connectivity index (χ3v) is 7.08. The summed E-state index contributed by atoms with van der Waals surface area (Å²) in [7, 11) is 1.33. The molecule has 0 saturated heterocycles. The van der Waals surface area contributed by atoms with Crippen molar-refractivity contribution in [2.45, 2.75) is 13.0 Å². The van der Waals surface area contributed by atoms with Gasteiger partial charge in [0.15, 0.2) is 4.80 Å². The summed E-state index contributed by atoms with van der Waals surface area (Å²) in [5.41, 5.74) is 2.38. The van der Waals surface area contributed by atoms with Crippen LogP contribution in [0.4, 0.5) is 0 Å². The number of hydrogen-bond acceptors (Lipinski definition) is 6. The Bertz CT molecular complexity index is 1590. The number of rotatable bonds is 4. The lowest BCUT2D eigenvalue weighted by molar-refractivity contribution is -0.136. The molecule has 1 aliphatic rings. The van der Waals surface area contributed by atoms with Crippen molar-refractivity contribution in [1.82, 2.24) is 4.57 Å². The molecule has 0 N–H and O–H groups in total. The van der Waals surface area contributed by atoms with E-state index in [1.54, 1.807) is 17.6 Å². The zero-order valence-corrected chi connectivity index (χ0v) is 20.7. The molecule has 5 rings (SSSR count). The second kappa shape index (κ2) is 9.04. The molecule has 8 heteroatoms. The second-order valence-corrected chi connectivity index (χ2v) is 9.62. The van der Waals surface area contributed by atoms with E-state index in [4.69, 9.17) is 9.15 Å². The maximum absolute atomic E-state index is 13.5. The Morgan fingerprint density at radius 3 is 2.56 bits per heavy atom. The molecule has 0 aliphatic carbocycles. The summed E-state index contributed by atoms with van der Waals surface area (Å²) in [4.78, 5) is 31.3. The number of methoxy groups -OCH3 is 1. The lowest BCUT2D eigenvalue weighted by Gasteiger charge is -2.24. The number of hydrogen-bond donors (Lipinski definition) is 0. The summed E-state index contributed by atoms with van der Waals surface area (Å²) in [5.74, 6) is 0.760. The molecule has 2 aromatic heterocycles. The average molecular weight is 535 g/mol. The molecule has 0 amide bonds. The summed E-state index contributed by atoms with van der Waals surface area (Å²) in [6.07, 6.45) is 1.71. The fourth-order valence-corrected chi connectivity index (χ4v) is 5.26. The van der Waals surface area contributed by atoms with E-state index in [-0.39, 0.29) is 5.56 Å². The number of aromatic nitrogens is 1. The van der Waals surface area contributed by atoms with E-state index in [0.717, 1.165) is 15.6 Å². The normalized spacial score (nSPS) is 15.7. The van der Waals surface area contributed by atoms with Crippen molar-refractivity contribution in [3.05, 3.63) is 113 Å². The van der Waals surface area contributed by atoms with Crippen molar-refractivity contribution in [3.8, 4) is 11.3 Å². The first-order valence-corrected chi connectivity index (χ1v) is 12.1. The van der Waals surface area contributed by atoms with Gasteiger partial charge in [0.1, 0.15) is 11.5 Å². The molecule has 1 unspecified atom stereocenters. The van der Waals surface area contributed by atoms with Gasteiger partial charge in [-0.2, -0.15) is 0 Å². The highest BCUT2D eigenvalue weighted by Crippen LogP contribution is 2.30. The Kier molecular flexibility index (Phi) is 5.93. The van der Waals surface area contributed by atoms with Crippen LogP contribution >= 0.6 is 27.3 Å². The predicted molar refractivity (Wildman–Crippen MR) is 134 cm³/mol. The molecule has 6 nitrogen and oxygen atoms in total. The standard InChI is InChI=1S/C26H19BrN2O4S/c1-15-22(25(31)32-2)23(17-6-4-3-5-7-17)29-24(30)21(34-26(29)28-15)14-19-12-13-20(33-19)16-8-10-18(27)11-9-16/h3-14,23H,1-2H3. The van der Waals surface area contributed by atoms with Crippen LogP contribution in [0, 0.1) is 0 Å². The number of furan rings is 1. The summed E-state index contributed by atoms with van der Waals surface area (Å²) in [6, 6.07) is 20.3. The molecule has 0 radical (unpaired) electrons. The molecule has 1 aliphatic heterocycles. The highest BCUT2D eigenvalue weighted by atomic mass is 79.9. The minimum Gasteiger partial charge on any atom is -0.466 e. The number of fused-ring (bicyclic) bond motifs is 1. The largest absolute Gasteiger partial charge is 0.466 e. The molecule has 34 heavy (non-hydrogen) atoms. The highest BCUT2D eigenvalue weighted by molar-refractivity contribution is 9.10. The van der Waals surface area contributed by atoms with Crippen LogP contribution < -0.4 is 14.9 Å². The van der Waals surface area contributed by atoms with Gasteiger partial charge in [-0.05, 0) is 36.8 Å². The minimum absolute atomic E-state index is 0.243. The molecule has 2 aromatic carbocycles. The van der Waals surface area contributed by atoms with Gasteiger partial charge >= 0.3 is 5.97 Å². The van der Waals surface area contributed by atoms with Crippen molar-refractivity contribution in [1.29, 1.82) is 0 Å². The van der Waals surface area contributed by atoms with Crippen molar-refractivity contribution in [2.24, 2.45) is 4.99 Å². The van der Waals surface area contributed by atoms with Gasteiger partial charge in [-0.15, -0.1) is 0 Å². The molecule has 0 spiro atoms. The van der Waals surface area contributed by atoms with Crippen LogP contribution in [0.3, 0.4) is 0 Å². The molecule has 3 heterocycles. The van der Waals surface area contributed by atoms with Crippen LogP contribution in [0.15, 0.2) is 96.7 Å². The van der Waals surface area contributed by atoms with E-state index in [1.165, 1.54) is 18.4 Å². The maximum atomic E-state index is 13.5. The SMILES string of the molecule is COC(=O)C1=C(C)N=c2sc(=Cc3ccc(-c4ccc(Br)cc4)o3)c(=O)n2C1c1ccccc1. The number of benzene rings is 2. The van der Waals surface area contributed by atoms with E-state index < -0.39 is 12.0 Å². The first kappa shape index (κ1) is 22.3. The van der Waals surface area contributed by atoms with Gasteiger partial charge in [0.05, 0.1) is 29.0 Å². The van der Waals surface area contributed by atoms with Crippen molar-refractivity contribution >= 4 is 39.3 Å². The Morgan fingerprint density at radius 1 is 1.12 bits per heavy atom. The van der Waals surface area contributed by atoms with Crippen LogP contribution in [0.25, 0.3) is 17.4 Å². The van der Waals surface area contributed by atoms with Gasteiger partial charge in [-0.1, -0.05) is 69.7 Å². The number of carbonyl (C=O) groups excluding carboxylic acids is 1. The third-order valence-electron chi connectivity index (χ3n) is 5.57. The molecule has 0 bridgehead atoms. The molecular weight excluding hydrogens is 516 g/mol. The van der Waals surface area contributed by atoms with Crippen LogP contribution in [0.5, 0.6) is 0 Å². The Labute approximate surface area is 207 Å². The van der Waals surface area contributed by atoms with Crippen LogP contribution in [0.1, 0.15) is 24.3 Å². The van der Waals surface area contributed by atoms with Gasteiger partial charge < -0.3 is 9.15 Å². The average Bonchev–Trinajstić information content (AvgIpc) is 3.43. The smallest absolute Gasteiger partial charge is 0.338 e. The zero-order valence-electron chi connectivity index (χ0n) is 18.3. The van der Waals surface area contributed by atoms with Crippen LogP contribution in [-0.2, 0) is 9.53 Å². The monoisotopic (exact) mass is 534 g/mol. The van der Waals surface area contributed by atoms with Crippen LogP contribution in [0.2, 0.25) is 0 Å². The zero-order chi connectivity index (χ0) is 23.8. The van der Waals surface area contributed by atoms with E-state index in [1.807, 2.05) is 66.7 Å². The molecule has 170 valence electrons. The van der Waals surface area contributed by atoms with Gasteiger partial charge in [0, 0.05) is 16.1 Å². The Balaban J connectivity index is 1.63. The first-order chi connectivity index (χ1) is 16.5. The summed E-state index contributed by atoms with van der Waals surface area (Å²) < 4.78 is 14.0.